The van der Waals surface area contributed by atoms with Crippen molar-refractivity contribution in [3.63, 3.8) is 0 Å². The van der Waals surface area contributed by atoms with Gasteiger partial charge < -0.3 is 5.32 Å². The summed E-state index contributed by atoms with van der Waals surface area (Å²) in [7, 11) is 1.88. The highest BCUT2D eigenvalue weighted by molar-refractivity contribution is 9.10. The van der Waals surface area contributed by atoms with Crippen molar-refractivity contribution in [2.45, 2.75) is 19.8 Å². The second kappa shape index (κ2) is 5.60. The predicted octanol–water partition coefficient (Wildman–Crippen LogP) is 3.96. The van der Waals surface area contributed by atoms with Gasteiger partial charge in [0.05, 0.1) is 4.88 Å². The summed E-state index contributed by atoms with van der Waals surface area (Å²) in [5.74, 6) is 1.67. The van der Waals surface area contributed by atoms with E-state index < -0.39 is 0 Å². The van der Waals surface area contributed by atoms with E-state index in [1.54, 1.807) is 11.3 Å². The van der Waals surface area contributed by atoms with Crippen molar-refractivity contribution in [2.24, 2.45) is 0 Å². The number of hydrogen-bond donors (Lipinski definition) is 1. The second-order valence-electron chi connectivity index (χ2n) is 3.67. The molecule has 2 rings (SSSR count). The Balaban J connectivity index is 2.46. The highest BCUT2D eigenvalue weighted by atomic mass is 79.9. The summed E-state index contributed by atoms with van der Waals surface area (Å²) in [6.45, 7) is 2.15. The van der Waals surface area contributed by atoms with Crippen LogP contribution in [0.25, 0.3) is 10.7 Å². The maximum absolute atomic E-state index is 4.60. The van der Waals surface area contributed by atoms with Crippen LogP contribution in [0.15, 0.2) is 22.0 Å². The molecule has 0 saturated heterocycles. The number of nitrogens with zero attached hydrogens (tertiary/aromatic N) is 2. The summed E-state index contributed by atoms with van der Waals surface area (Å²) in [5.41, 5.74) is 1.09. The molecule has 3 nitrogen and oxygen atoms in total. The molecule has 0 radical (unpaired) electrons. The fraction of sp³-hybridized carbons (Fsp3) is 0.333. The van der Waals surface area contributed by atoms with Crippen LogP contribution in [0.3, 0.4) is 0 Å². The van der Waals surface area contributed by atoms with Gasteiger partial charge >= 0.3 is 0 Å². The van der Waals surface area contributed by atoms with Gasteiger partial charge in [-0.15, -0.1) is 11.3 Å². The molecule has 90 valence electrons. The molecule has 0 fully saturated rings. The minimum absolute atomic E-state index is 0.794. The zero-order valence-electron chi connectivity index (χ0n) is 9.83. The Morgan fingerprint density at radius 1 is 1.41 bits per heavy atom. The minimum atomic E-state index is 0.794. The smallest absolute Gasteiger partial charge is 0.173 e. The number of halogens is 1. The van der Waals surface area contributed by atoms with Crippen molar-refractivity contribution in [1.82, 2.24) is 9.97 Å². The first-order chi connectivity index (χ1) is 8.24. The molecule has 0 amide bonds. The molecule has 2 aromatic rings. The largest absolute Gasteiger partial charge is 0.373 e. The monoisotopic (exact) mass is 311 g/mol. The fourth-order valence-corrected chi connectivity index (χ4v) is 3.05. The third-order valence-electron chi connectivity index (χ3n) is 2.36. The molecule has 0 aliphatic heterocycles. The number of aryl methyl sites for hydroxylation is 1. The zero-order chi connectivity index (χ0) is 12.3. The summed E-state index contributed by atoms with van der Waals surface area (Å²) >= 11 is 5.17. The number of rotatable bonds is 4. The van der Waals surface area contributed by atoms with Gasteiger partial charge in [-0.3, -0.25) is 0 Å². The van der Waals surface area contributed by atoms with E-state index in [9.17, 15) is 0 Å². The first kappa shape index (κ1) is 12.5. The van der Waals surface area contributed by atoms with Crippen molar-refractivity contribution in [3.05, 3.63) is 27.7 Å². The molecular formula is C12H14BrN3S. The first-order valence-corrected chi connectivity index (χ1v) is 7.21. The lowest BCUT2D eigenvalue weighted by Gasteiger charge is -2.06. The average Bonchev–Trinajstić information content (AvgIpc) is 2.75. The predicted molar refractivity (Wildman–Crippen MR) is 76.6 cm³/mol. The van der Waals surface area contributed by atoms with Gasteiger partial charge in [0, 0.05) is 23.3 Å². The number of hydrogen-bond acceptors (Lipinski definition) is 4. The lowest BCUT2D eigenvalue weighted by atomic mass is 10.2. The summed E-state index contributed by atoms with van der Waals surface area (Å²) in [4.78, 5) is 10.2. The van der Waals surface area contributed by atoms with Crippen LogP contribution in [0.1, 0.15) is 19.0 Å². The summed E-state index contributed by atoms with van der Waals surface area (Å²) < 4.78 is 1.05. The van der Waals surface area contributed by atoms with Crippen LogP contribution >= 0.6 is 27.3 Å². The summed E-state index contributed by atoms with van der Waals surface area (Å²) in [5, 5.41) is 5.12. The summed E-state index contributed by atoms with van der Waals surface area (Å²) in [6.07, 6.45) is 2.07. The van der Waals surface area contributed by atoms with E-state index in [0.717, 1.165) is 39.5 Å². The van der Waals surface area contributed by atoms with Gasteiger partial charge in [-0.2, -0.15) is 0 Å². The first-order valence-electron chi connectivity index (χ1n) is 5.53. The van der Waals surface area contributed by atoms with Gasteiger partial charge in [0.1, 0.15) is 5.82 Å². The van der Waals surface area contributed by atoms with E-state index in [1.165, 1.54) is 0 Å². The maximum Gasteiger partial charge on any atom is 0.173 e. The highest BCUT2D eigenvalue weighted by Gasteiger charge is 2.10. The number of thiophene rings is 1. The molecular weight excluding hydrogens is 298 g/mol. The van der Waals surface area contributed by atoms with Crippen molar-refractivity contribution in [3.8, 4) is 10.7 Å². The topological polar surface area (TPSA) is 37.8 Å². The SMILES string of the molecule is CCCc1cc(NC)nc(-c2sccc2Br)n1. The van der Waals surface area contributed by atoms with E-state index in [2.05, 4.69) is 38.1 Å². The lowest BCUT2D eigenvalue weighted by Crippen LogP contribution is -2.00. The van der Waals surface area contributed by atoms with Gasteiger partial charge in [0.25, 0.3) is 0 Å². The average molecular weight is 312 g/mol. The quantitative estimate of drug-likeness (QED) is 0.928. The van der Waals surface area contributed by atoms with Crippen molar-refractivity contribution >= 4 is 33.1 Å². The third kappa shape index (κ3) is 2.84. The van der Waals surface area contributed by atoms with Gasteiger partial charge in [0.15, 0.2) is 5.82 Å². The molecule has 0 spiro atoms. The molecule has 0 unspecified atom stereocenters. The molecule has 2 heterocycles. The molecule has 0 bridgehead atoms. The zero-order valence-corrected chi connectivity index (χ0v) is 12.2. The Morgan fingerprint density at radius 2 is 2.24 bits per heavy atom. The Labute approximate surface area is 113 Å². The van der Waals surface area contributed by atoms with Crippen LogP contribution in [-0.2, 0) is 6.42 Å². The standard InChI is InChI=1S/C12H14BrN3S/c1-3-4-8-7-10(14-2)16-12(15-8)11-9(13)5-6-17-11/h5-7H,3-4H2,1-2H3,(H,14,15,16). The Kier molecular flexibility index (Phi) is 4.12. The molecule has 5 heteroatoms. The van der Waals surface area contributed by atoms with Crippen LogP contribution in [-0.4, -0.2) is 17.0 Å². The third-order valence-corrected chi connectivity index (χ3v) is 4.20. The molecule has 0 atom stereocenters. The molecule has 0 saturated carbocycles. The van der Waals surface area contributed by atoms with E-state index in [1.807, 2.05) is 24.6 Å². The summed E-state index contributed by atoms with van der Waals surface area (Å²) in [6, 6.07) is 4.03. The molecule has 0 aliphatic carbocycles. The van der Waals surface area contributed by atoms with E-state index >= 15 is 0 Å². The minimum Gasteiger partial charge on any atom is -0.373 e. The van der Waals surface area contributed by atoms with Crippen LogP contribution in [0.2, 0.25) is 0 Å². The van der Waals surface area contributed by atoms with E-state index in [-0.39, 0.29) is 0 Å². The van der Waals surface area contributed by atoms with Gasteiger partial charge in [-0.1, -0.05) is 13.3 Å². The second-order valence-corrected chi connectivity index (χ2v) is 5.44. The maximum atomic E-state index is 4.60. The van der Waals surface area contributed by atoms with Gasteiger partial charge in [-0.25, -0.2) is 9.97 Å². The Morgan fingerprint density at radius 3 is 2.82 bits per heavy atom. The van der Waals surface area contributed by atoms with Crippen molar-refractivity contribution < 1.29 is 0 Å². The molecule has 0 aromatic carbocycles. The molecule has 17 heavy (non-hydrogen) atoms. The lowest BCUT2D eigenvalue weighted by molar-refractivity contribution is 0.876. The normalized spacial score (nSPS) is 10.5. The number of anilines is 1. The molecule has 2 aromatic heterocycles. The van der Waals surface area contributed by atoms with Gasteiger partial charge in [-0.05, 0) is 33.8 Å². The Bertz CT molecular complexity index is 510. The fourth-order valence-electron chi connectivity index (χ4n) is 1.56. The van der Waals surface area contributed by atoms with Crippen molar-refractivity contribution in [2.75, 3.05) is 12.4 Å². The van der Waals surface area contributed by atoms with E-state index in [0.29, 0.717) is 0 Å². The van der Waals surface area contributed by atoms with E-state index in [4.69, 9.17) is 0 Å². The van der Waals surface area contributed by atoms with Crippen LogP contribution < -0.4 is 5.32 Å². The van der Waals surface area contributed by atoms with Crippen LogP contribution in [0.5, 0.6) is 0 Å². The molecule has 1 N–H and O–H groups in total. The highest BCUT2D eigenvalue weighted by Crippen LogP contribution is 2.31. The number of aromatic nitrogens is 2. The number of nitrogens with one attached hydrogen (secondary N) is 1. The van der Waals surface area contributed by atoms with Gasteiger partial charge in [0.2, 0.25) is 0 Å². The Hall–Kier alpha value is -0.940. The molecule has 0 aliphatic rings. The van der Waals surface area contributed by atoms with Crippen molar-refractivity contribution in [1.29, 1.82) is 0 Å². The van der Waals surface area contributed by atoms with Crippen LogP contribution in [0.4, 0.5) is 5.82 Å². The van der Waals surface area contributed by atoms with Crippen LogP contribution in [0, 0.1) is 0 Å².